The molecule has 0 bridgehead atoms. The van der Waals surface area contributed by atoms with Crippen LogP contribution in [0.15, 0.2) is 48.5 Å². The number of amides is 1. The summed E-state index contributed by atoms with van der Waals surface area (Å²) in [6, 6.07) is 12.9. The molecule has 0 saturated carbocycles. The van der Waals surface area contributed by atoms with E-state index in [0.29, 0.717) is 17.0 Å². The number of hydrogen-bond donors (Lipinski definition) is 1. The van der Waals surface area contributed by atoms with Gasteiger partial charge in [0.25, 0.3) is 5.69 Å². The summed E-state index contributed by atoms with van der Waals surface area (Å²) >= 11 is 1.37. The number of carbonyl (C=O) groups is 2. The zero-order chi connectivity index (χ0) is 18.9. The lowest BCUT2D eigenvalue weighted by molar-refractivity contribution is -0.384. The third kappa shape index (κ3) is 5.59. The van der Waals surface area contributed by atoms with Crippen LogP contribution in [0.5, 0.6) is 0 Å². The van der Waals surface area contributed by atoms with Crippen LogP contribution < -0.4 is 5.32 Å². The molecule has 0 spiro atoms. The van der Waals surface area contributed by atoms with E-state index >= 15 is 0 Å². The summed E-state index contributed by atoms with van der Waals surface area (Å²) in [5, 5.41) is 13.3. The first-order valence-electron chi connectivity index (χ1n) is 7.88. The molecule has 0 heterocycles. The first-order chi connectivity index (χ1) is 12.5. The molecule has 0 aliphatic heterocycles. The molecule has 0 atom stereocenters. The molecular weight excluding hydrogens is 356 g/mol. The highest BCUT2D eigenvalue weighted by Gasteiger charge is 2.14. The van der Waals surface area contributed by atoms with Gasteiger partial charge < -0.3 is 10.1 Å². The van der Waals surface area contributed by atoms with Gasteiger partial charge in [-0.1, -0.05) is 24.3 Å². The number of nitro benzene ring substituents is 1. The van der Waals surface area contributed by atoms with Crippen LogP contribution >= 0.6 is 11.8 Å². The van der Waals surface area contributed by atoms with Crippen LogP contribution in [0.1, 0.15) is 22.8 Å². The Morgan fingerprint density at radius 2 is 1.85 bits per heavy atom. The second kappa shape index (κ2) is 9.57. The summed E-state index contributed by atoms with van der Waals surface area (Å²) < 4.78 is 4.97. The van der Waals surface area contributed by atoms with Crippen molar-refractivity contribution in [3.63, 3.8) is 0 Å². The quantitative estimate of drug-likeness (QED) is 0.430. The van der Waals surface area contributed by atoms with E-state index in [-0.39, 0.29) is 24.0 Å². The second-order valence-electron chi connectivity index (χ2n) is 5.23. The first-order valence-corrected chi connectivity index (χ1v) is 9.03. The second-order valence-corrected chi connectivity index (χ2v) is 6.22. The fourth-order valence-corrected chi connectivity index (χ4v) is 2.93. The molecule has 2 aromatic carbocycles. The average Bonchev–Trinajstić information content (AvgIpc) is 2.62. The smallest absolute Gasteiger partial charge is 0.340 e. The Balaban J connectivity index is 1.87. The van der Waals surface area contributed by atoms with Crippen molar-refractivity contribution < 1.29 is 19.2 Å². The van der Waals surface area contributed by atoms with E-state index in [4.69, 9.17) is 4.74 Å². The lowest BCUT2D eigenvalue weighted by Crippen LogP contribution is -2.17. The number of carbonyl (C=O) groups excluding carboxylic acids is 2. The zero-order valence-corrected chi connectivity index (χ0v) is 15.0. The van der Waals surface area contributed by atoms with Gasteiger partial charge in [0.05, 0.1) is 28.5 Å². The Hall–Kier alpha value is -2.87. The van der Waals surface area contributed by atoms with E-state index in [1.165, 1.54) is 23.9 Å². The molecular formula is C18H18N2O5S. The highest BCUT2D eigenvalue weighted by molar-refractivity contribution is 7.99. The van der Waals surface area contributed by atoms with Gasteiger partial charge in [0.15, 0.2) is 0 Å². The molecule has 136 valence electrons. The van der Waals surface area contributed by atoms with E-state index in [9.17, 15) is 19.7 Å². The number of ether oxygens (including phenoxy) is 1. The van der Waals surface area contributed by atoms with E-state index in [2.05, 4.69) is 5.32 Å². The number of hydrogen-bond acceptors (Lipinski definition) is 6. The van der Waals surface area contributed by atoms with Gasteiger partial charge in [-0.05, 0) is 24.6 Å². The molecule has 0 fully saturated rings. The summed E-state index contributed by atoms with van der Waals surface area (Å²) in [7, 11) is 0. The Morgan fingerprint density at radius 1 is 1.15 bits per heavy atom. The maximum Gasteiger partial charge on any atom is 0.340 e. The van der Waals surface area contributed by atoms with Gasteiger partial charge in [-0.2, -0.15) is 0 Å². The minimum atomic E-state index is -0.484. The average molecular weight is 374 g/mol. The van der Waals surface area contributed by atoms with Gasteiger partial charge in [-0.3, -0.25) is 14.9 Å². The van der Waals surface area contributed by atoms with Crippen LogP contribution in [0.25, 0.3) is 0 Å². The lowest BCUT2D eigenvalue weighted by atomic mass is 10.2. The molecule has 0 aliphatic carbocycles. The van der Waals surface area contributed by atoms with Gasteiger partial charge >= 0.3 is 5.97 Å². The number of benzene rings is 2. The van der Waals surface area contributed by atoms with Crippen molar-refractivity contribution in [1.29, 1.82) is 0 Å². The molecule has 2 rings (SSSR count). The molecule has 0 radical (unpaired) electrons. The van der Waals surface area contributed by atoms with Crippen molar-refractivity contribution in [2.75, 3.05) is 17.7 Å². The van der Waals surface area contributed by atoms with Crippen molar-refractivity contribution in [3.8, 4) is 0 Å². The van der Waals surface area contributed by atoms with Crippen LogP contribution in [-0.4, -0.2) is 29.2 Å². The van der Waals surface area contributed by atoms with Crippen molar-refractivity contribution in [3.05, 3.63) is 69.8 Å². The molecule has 0 aliphatic rings. The number of nitro groups is 1. The Labute approximate surface area is 154 Å². The summed E-state index contributed by atoms with van der Waals surface area (Å²) in [5.41, 5.74) is 1.64. The number of nitrogens with zero attached hydrogens (tertiary/aromatic N) is 1. The molecule has 0 unspecified atom stereocenters. The van der Waals surface area contributed by atoms with E-state index in [1.54, 1.807) is 43.3 Å². The van der Waals surface area contributed by atoms with Crippen molar-refractivity contribution >= 4 is 35.0 Å². The highest BCUT2D eigenvalue weighted by Crippen LogP contribution is 2.19. The molecule has 0 aromatic heterocycles. The fourth-order valence-electron chi connectivity index (χ4n) is 2.14. The Morgan fingerprint density at radius 3 is 2.50 bits per heavy atom. The first kappa shape index (κ1) is 19.5. The number of esters is 1. The van der Waals surface area contributed by atoms with E-state index in [0.717, 1.165) is 5.56 Å². The van der Waals surface area contributed by atoms with Gasteiger partial charge in [-0.25, -0.2) is 4.79 Å². The predicted octanol–water partition coefficient (Wildman–Crippen LogP) is 3.64. The van der Waals surface area contributed by atoms with Gasteiger partial charge in [0.2, 0.25) is 5.91 Å². The number of anilines is 1. The zero-order valence-electron chi connectivity index (χ0n) is 14.1. The van der Waals surface area contributed by atoms with Gasteiger partial charge in [-0.15, -0.1) is 11.8 Å². The van der Waals surface area contributed by atoms with E-state index < -0.39 is 10.9 Å². The summed E-state index contributed by atoms with van der Waals surface area (Å²) in [5.74, 6) is 0.00890. The monoisotopic (exact) mass is 374 g/mol. The van der Waals surface area contributed by atoms with Crippen molar-refractivity contribution in [1.82, 2.24) is 0 Å². The van der Waals surface area contributed by atoms with Crippen LogP contribution in [0.4, 0.5) is 11.4 Å². The summed E-state index contributed by atoms with van der Waals surface area (Å²) in [4.78, 5) is 34.2. The van der Waals surface area contributed by atoms with Gasteiger partial charge in [0.1, 0.15) is 0 Å². The molecule has 1 N–H and O–H groups in total. The standard InChI is InChI=1S/C18H18N2O5S/c1-2-25-18(22)15-5-3-4-6-16(15)19-17(21)12-26-11-13-7-9-14(10-8-13)20(23)24/h3-10H,2,11-12H2,1H3,(H,19,21). The predicted molar refractivity (Wildman–Crippen MR) is 100 cm³/mol. The fraction of sp³-hybridized carbons (Fsp3) is 0.222. The summed E-state index contributed by atoms with van der Waals surface area (Å²) in [6.45, 7) is 1.97. The van der Waals surface area contributed by atoms with Crippen LogP contribution in [0.3, 0.4) is 0 Å². The number of thioether (sulfide) groups is 1. The maximum atomic E-state index is 12.1. The SMILES string of the molecule is CCOC(=O)c1ccccc1NC(=O)CSCc1ccc([N+](=O)[O-])cc1. The Kier molecular flexibility index (Phi) is 7.16. The molecule has 2 aromatic rings. The molecule has 8 heteroatoms. The van der Waals surface area contributed by atoms with Crippen LogP contribution in [0.2, 0.25) is 0 Å². The largest absolute Gasteiger partial charge is 0.462 e. The third-order valence-corrected chi connectivity index (χ3v) is 4.35. The van der Waals surface area contributed by atoms with Crippen molar-refractivity contribution in [2.45, 2.75) is 12.7 Å². The van der Waals surface area contributed by atoms with Crippen molar-refractivity contribution in [2.24, 2.45) is 0 Å². The van der Waals surface area contributed by atoms with Crippen LogP contribution in [-0.2, 0) is 15.3 Å². The normalized spacial score (nSPS) is 10.2. The number of non-ortho nitro benzene ring substituents is 1. The van der Waals surface area contributed by atoms with Crippen LogP contribution in [0, 0.1) is 10.1 Å². The minimum absolute atomic E-state index is 0.0343. The molecule has 26 heavy (non-hydrogen) atoms. The Bertz CT molecular complexity index is 792. The lowest BCUT2D eigenvalue weighted by Gasteiger charge is -2.10. The highest BCUT2D eigenvalue weighted by atomic mass is 32.2. The number of rotatable bonds is 8. The topological polar surface area (TPSA) is 98.5 Å². The molecule has 7 nitrogen and oxygen atoms in total. The minimum Gasteiger partial charge on any atom is -0.462 e. The maximum absolute atomic E-state index is 12.1. The van der Waals surface area contributed by atoms with Gasteiger partial charge in [0, 0.05) is 17.9 Å². The molecule has 1 amide bonds. The molecule has 0 saturated heterocycles. The number of para-hydroxylation sites is 1. The summed E-state index contributed by atoms with van der Waals surface area (Å²) in [6.07, 6.45) is 0. The third-order valence-electron chi connectivity index (χ3n) is 3.35. The number of nitrogens with one attached hydrogen (secondary N) is 1. The van der Waals surface area contributed by atoms with E-state index in [1.807, 2.05) is 0 Å².